The maximum Gasteiger partial charge on any atom is 0.350 e. The van der Waals surface area contributed by atoms with Gasteiger partial charge < -0.3 is 10.1 Å². The molecular formula is C11H9BrN4O4. The van der Waals surface area contributed by atoms with Crippen LogP contribution in [0.3, 0.4) is 0 Å². The highest BCUT2D eigenvalue weighted by atomic mass is 79.9. The first-order chi connectivity index (χ1) is 9.49. The van der Waals surface area contributed by atoms with Crippen LogP contribution in [0.25, 0.3) is 0 Å². The van der Waals surface area contributed by atoms with Gasteiger partial charge in [0.25, 0.3) is 0 Å². The molecule has 0 unspecified atom stereocenters. The van der Waals surface area contributed by atoms with Crippen LogP contribution in [0.4, 0.5) is 11.5 Å². The highest BCUT2D eigenvalue weighted by Gasteiger charge is 2.16. The number of rotatable bonds is 5. The lowest BCUT2D eigenvalue weighted by atomic mass is 10.3. The topological polar surface area (TPSA) is 118 Å². The SMILES string of the molecule is CCOC(=O)/C(C#N)=C/Nc1ncc(Br)cc1[N+](=O)[O-]. The summed E-state index contributed by atoms with van der Waals surface area (Å²) in [5.74, 6) is -0.905. The molecule has 0 amide bonds. The summed E-state index contributed by atoms with van der Waals surface area (Å²) < 4.78 is 5.08. The number of halogens is 1. The van der Waals surface area contributed by atoms with E-state index in [9.17, 15) is 14.9 Å². The second-order valence-electron chi connectivity index (χ2n) is 3.31. The number of ether oxygens (including phenoxy) is 1. The lowest BCUT2D eigenvalue weighted by Crippen LogP contribution is -2.08. The van der Waals surface area contributed by atoms with Gasteiger partial charge in [-0.3, -0.25) is 10.1 Å². The number of anilines is 1. The zero-order valence-corrected chi connectivity index (χ0v) is 11.9. The van der Waals surface area contributed by atoms with Gasteiger partial charge in [0.15, 0.2) is 5.57 Å². The number of pyridine rings is 1. The maximum absolute atomic E-state index is 11.4. The monoisotopic (exact) mass is 340 g/mol. The second-order valence-corrected chi connectivity index (χ2v) is 4.23. The second kappa shape index (κ2) is 7.20. The molecule has 0 saturated carbocycles. The van der Waals surface area contributed by atoms with Crippen molar-refractivity contribution < 1.29 is 14.5 Å². The quantitative estimate of drug-likeness (QED) is 0.286. The van der Waals surface area contributed by atoms with E-state index in [0.29, 0.717) is 4.47 Å². The molecule has 0 aromatic carbocycles. The summed E-state index contributed by atoms with van der Waals surface area (Å²) in [6.07, 6.45) is 2.36. The molecule has 0 aliphatic heterocycles. The normalized spacial score (nSPS) is 10.6. The predicted molar refractivity (Wildman–Crippen MR) is 72.5 cm³/mol. The number of esters is 1. The maximum atomic E-state index is 11.4. The van der Waals surface area contributed by atoms with Crippen LogP contribution >= 0.6 is 15.9 Å². The van der Waals surface area contributed by atoms with E-state index in [0.717, 1.165) is 6.20 Å². The van der Waals surface area contributed by atoms with Gasteiger partial charge >= 0.3 is 11.7 Å². The van der Waals surface area contributed by atoms with Crippen molar-refractivity contribution in [2.75, 3.05) is 11.9 Å². The Morgan fingerprint density at radius 2 is 2.45 bits per heavy atom. The third-order valence-corrected chi connectivity index (χ3v) is 2.43. The van der Waals surface area contributed by atoms with Gasteiger partial charge in [-0.2, -0.15) is 5.26 Å². The molecule has 104 valence electrons. The van der Waals surface area contributed by atoms with Gasteiger partial charge in [0.2, 0.25) is 5.82 Å². The molecule has 20 heavy (non-hydrogen) atoms. The highest BCUT2D eigenvalue weighted by Crippen LogP contribution is 2.25. The molecule has 1 N–H and O–H groups in total. The van der Waals surface area contributed by atoms with E-state index in [1.165, 1.54) is 12.3 Å². The summed E-state index contributed by atoms with van der Waals surface area (Å²) >= 11 is 3.07. The third kappa shape index (κ3) is 4.03. The molecule has 0 fully saturated rings. The zero-order valence-electron chi connectivity index (χ0n) is 10.3. The molecule has 1 aromatic rings. The van der Waals surface area contributed by atoms with E-state index in [-0.39, 0.29) is 23.7 Å². The van der Waals surface area contributed by atoms with Crippen molar-refractivity contribution in [2.45, 2.75) is 6.92 Å². The van der Waals surface area contributed by atoms with E-state index < -0.39 is 10.9 Å². The van der Waals surface area contributed by atoms with E-state index in [1.807, 2.05) is 0 Å². The van der Waals surface area contributed by atoms with E-state index in [2.05, 4.69) is 31.0 Å². The Kier molecular flexibility index (Phi) is 5.61. The van der Waals surface area contributed by atoms with E-state index >= 15 is 0 Å². The fourth-order valence-corrected chi connectivity index (χ4v) is 1.48. The van der Waals surface area contributed by atoms with Gasteiger partial charge in [-0.25, -0.2) is 9.78 Å². The summed E-state index contributed by atoms with van der Waals surface area (Å²) in [5.41, 5.74) is -0.609. The Hall–Kier alpha value is -2.47. The Bertz CT molecular complexity index is 609. The number of hydrogen-bond donors (Lipinski definition) is 1. The number of carbonyl (C=O) groups excluding carboxylic acids is 1. The van der Waals surface area contributed by atoms with Crippen molar-refractivity contribution in [2.24, 2.45) is 0 Å². The first kappa shape index (κ1) is 15.6. The molecule has 0 spiro atoms. The summed E-state index contributed by atoms with van der Waals surface area (Å²) in [6, 6.07) is 2.88. The number of carbonyl (C=O) groups is 1. The molecule has 0 aliphatic rings. The summed E-state index contributed by atoms with van der Waals surface area (Å²) in [5, 5.41) is 22.1. The minimum absolute atomic E-state index is 0.0877. The average Bonchev–Trinajstić information content (AvgIpc) is 2.41. The van der Waals surface area contributed by atoms with Crippen molar-refractivity contribution >= 4 is 33.4 Å². The Morgan fingerprint density at radius 1 is 1.75 bits per heavy atom. The van der Waals surface area contributed by atoms with Crippen LogP contribution < -0.4 is 5.32 Å². The smallest absolute Gasteiger partial charge is 0.350 e. The van der Waals surface area contributed by atoms with Gasteiger partial charge in [-0.1, -0.05) is 0 Å². The summed E-state index contributed by atoms with van der Waals surface area (Å²) in [6.45, 7) is 1.72. The van der Waals surface area contributed by atoms with E-state index in [4.69, 9.17) is 5.26 Å². The van der Waals surface area contributed by atoms with Gasteiger partial charge in [-0.15, -0.1) is 0 Å². The van der Waals surface area contributed by atoms with Crippen molar-refractivity contribution in [3.05, 3.63) is 38.6 Å². The van der Waals surface area contributed by atoms with Gasteiger partial charge in [0, 0.05) is 22.9 Å². The number of nitro groups is 1. The fourth-order valence-electron chi connectivity index (χ4n) is 1.17. The average molecular weight is 341 g/mol. The van der Waals surface area contributed by atoms with Crippen LogP contribution in [-0.2, 0) is 9.53 Å². The van der Waals surface area contributed by atoms with Crippen LogP contribution in [0.15, 0.2) is 28.5 Å². The largest absolute Gasteiger partial charge is 0.462 e. The van der Waals surface area contributed by atoms with Crippen LogP contribution in [0.1, 0.15) is 6.92 Å². The molecule has 0 saturated heterocycles. The zero-order chi connectivity index (χ0) is 15.1. The summed E-state index contributed by atoms with van der Waals surface area (Å²) in [7, 11) is 0. The summed E-state index contributed by atoms with van der Waals surface area (Å²) in [4.78, 5) is 25.4. The number of aromatic nitrogens is 1. The van der Waals surface area contributed by atoms with Crippen molar-refractivity contribution in [1.82, 2.24) is 4.98 Å². The highest BCUT2D eigenvalue weighted by molar-refractivity contribution is 9.10. The number of nitrogens with one attached hydrogen (secondary N) is 1. The predicted octanol–water partition coefficient (Wildman–Crippen LogP) is 2.13. The van der Waals surface area contributed by atoms with Crippen molar-refractivity contribution in [3.63, 3.8) is 0 Å². The standard InChI is InChI=1S/C11H9BrN4O4/c1-2-20-11(17)7(4-13)5-14-10-9(16(18)19)3-8(12)6-15-10/h3,5-6H,2H2,1H3,(H,14,15)/b7-5+. The minimum Gasteiger partial charge on any atom is -0.462 e. The van der Waals surface area contributed by atoms with Gasteiger partial charge in [0.05, 0.1) is 11.5 Å². The molecule has 0 atom stereocenters. The van der Waals surface area contributed by atoms with Gasteiger partial charge in [-0.05, 0) is 22.9 Å². The number of hydrogen-bond acceptors (Lipinski definition) is 7. The van der Waals surface area contributed by atoms with Crippen LogP contribution in [-0.4, -0.2) is 22.5 Å². The molecule has 1 heterocycles. The fraction of sp³-hybridized carbons (Fsp3) is 0.182. The third-order valence-electron chi connectivity index (χ3n) is 2.00. The Balaban J connectivity index is 3.02. The molecule has 9 heteroatoms. The number of nitrogens with zero attached hydrogens (tertiary/aromatic N) is 3. The minimum atomic E-state index is -0.817. The Labute approximate surface area is 122 Å². The van der Waals surface area contributed by atoms with Gasteiger partial charge in [0.1, 0.15) is 6.07 Å². The molecular weight excluding hydrogens is 332 g/mol. The van der Waals surface area contributed by atoms with Crippen molar-refractivity contribution in [3.8, 4) is 6.07 Å². The van der Waals surface area contributed by atoms with E-state index in [1.54, 1.807) is 13.0 Å². The van der Waals surface area contributed by atoms with Crippen LogP contribution in [0.2, 0.25) is 0 Å². The number of nitriles is 1. The molecule has 1 rings (SSSR count). The lowest BCUT2D eigenvalue weighted by Gasteiger charge is -2.03. The lowest BCUT2D eigenvalue weighted by molar-refractivity contribution is -0.384. The molecule has 0 radical (unpaired) electrons. The van der Waals surface area contributed by atoms with Crippen molar-refractivity contribution in [1.29, 1.82) is 5.26 Å². The molecule has 0 aliphatic carbocycles. The van der Waals surface area contributed by atoms with Crippen LogP contribution in [0, 0.1) is 21.4 Å². The molecule has 0 bridgehead atoms. The molecule has 1 aromatic heterocycles. The molecule has 8 nitrogen and oxygen atoms in total. The first-order valence-corrected chi connectivity index (χ1v) is 6.12. The Morgan fingerprint density at radius 3 is 3.00 bits per heavy atom. The first-order valence-electron chi connectivity index (χ1n) is 5.33. The van der Waals surface area contributed by atoms with Crippen LogP contribution in [0.5, 0.6) is 0 Å².